The number of phenolic OH excluding ortho intramolecular Hbond substituents is 1. The third-order valence-electron chi connectivity index (χ3n) is 4.37. The number of ether oxygens (including phenoxy) is 1. The third kappa shape index (κ3) is 2.97. The zero-order valence-electron chi connectivity index (χ0n) is 14.3. The Morgan fingerprint density at radius 3 is 2.68 bits per heavy atom. The van der Waals surface area contributed by atoms with Gasteiger partial charge in [0, 0.05) is 5.56 Å². The molecule has 0 unspecified atom stereocenters. The van der Waals surface area contributed by atoms with Crippen LogP contribution in [0.2, 0.25) is 0 Å². The van der Waals surface area contributed by atoms with E-state index in [1.54, 1.807) is 24.3 Å². The Labute approximate surface area is 144 Å². The van der Waals surface area contributed by atoms with Crippen molar-refractivity contribution in [3.8, 4) is 5.75 Å². The van der Waals surface area contributed by atoms with Gasteiger partial charge in [0.05, 0.1) is 17.9 Å². The highest BCUT2D eigenvalue weighted by molar-refractivity contribution is 6.01. The van der Waals surface area contributed by atoms with Crippen molar-refractivity contribution in [2.45, 2.75) is 32.6 Å². The van der Waals surface area contributed by atoms with Crippen molar-refractivity contribution in [1.29, 1.82) is 0 Å². The number of carbonyl (C=O) groups excluding carboxylic acids is 1. The van der Waals surface area contributed by atoms with Crippen molar-refractivity contribution in [2.75, 3.05) is 7.11 Å². The van der Waals surface area contributed by atoms with Gasteiger partial charge in [0.2, 0.25) is 5.43 Å². The fourth-order valence-electron chi connectivity index (χ4n) is 3.04. The second-order valence-electron chi connectivity index (χ2n) is 6.00. The predicted octanol–water partition coefficient (Wildman–Crippen LogP) is 4.17. The molecule has 0 radical (unpaired) electrons. The number of benzene rings is 2. The zero-order valence-corrected chi connectivity index (χ0v) is 14.3. The Balaban J connectivity index is 2.36. The van der Waals surface area contributed by atoms with Crippen LogP contribution in [0.3, 0.4) is 0 Å². The number of aromatic hydroxyl groups is 1. The maximum Gasteiger partial charge on any atom is 0.341 e. The molecule has 2 aromatic carbocycles. The molecule has 5 heteroatoms. The third-order valence-corrected chi connectivity index (χ3v) is 4.37. The van der Waals surface area contributed by atoms with Crippen molar-refractivity contribution < 1.29 is 19.1 Å². The van der Waals surface area contributed by atoms with E-state index in [2.05, 4.69) is 6.92 Å². The Morgan fingerprint density at radius 1 is 1.20 bits per heavy atom. The van der Waals surface area contributed by atoms with Gasteiger partial charge in [0.1, 0.15) is 22.5 Å². The number of methoxy groups -OCH3 is 1. The topological polar surface area (TPSA) is 76.7 Å². The van der Waals surface area contributed by atoms with Gasteiger partial charge in [-0.25, -0.2) is 4.79 Å². The predicted molar refractivity (Wildman–Crippen MR) is 96.2 cm³/mol. The molecule has 130 valence electrons. The lowest BCUT2D eigenvalue weighted by molar-refractivity contribution is 0.0597. The number of hydrogen-bond acceptors (Lipinski definition) is 5. The van der Waals surface area contributed by atoms with E-state index in [1.807, 2.05) is 0 Å². The summed E-state index contributed by atoms with van der Waals surface area (Å²) in [5.74, 6) is -0.849. The largest absolute Gasteiger partial charge is 0.507 e. The molecule has 0 aliphatic heterocycles. The number of carbonyl (C=O) groups is 1. The molecule has 25 heavy (non-hydrogen) atoms. The van der Waals surface area contributed by atoms with Crippen LogP contribution in [0.4, 0.5) is 0 Å². The van der Waals surface area contributed by atoms with Gasteiger partial charge < -0.3 is 14.3 Å². The molecule has 0 saturated carbocycles. The van der Waals surface area contributed by atoms with Gasteiger partial charge in [-0.2, -0.15) is 0 Å². The summed E-state index contributed by atoms with van der Waals surface area (Å²) in [5.41, 5.74) is 1.05. The molecule has 0 aliphatic carbocycles. The molecule has 1 heterocycles. The van der Waals surface area contributed by atoms with Crippen molar-refractivity contribution in [2.24, 2.45) is 0 Å². The van der Waals surface area contributed by atoms with Crippen molar-refractivity contribution >= 4 is 27.9 Å². The summed E-state index contributed by atoms with van der Waals surface area (Å²) in [6.45, 7) is 2.08. The standard InChI is InChI=1S/C20H20O5/c1-3-4-5-9-13-18(22)15(20(23)24-2)11-14-17(21)12-8-6-7-10-16(12)25-19(13)14/h6-8,10-11,22H,3-5,9H2,1-2H3. The second-order valence-corrected chi connectivity index (χ2v) is 6.00. The number of rotatable bonds is 5. The lowest BCUT2D eigenvalue weighted by atomic mass is 9.98. The van der Waals surface area contributed by atoms with Crippen molar-refractivity contribution in [3.05, 3.63) is 51.7 Å². The van der Waals surface area contributed by atoms with Gasteiger partial charge in [-0.3, -0.25) is 4.79 Å². The van der Waals surface area contributed by atoms with Gasteiger partial charge in [-0.05, 0) is 31.0 Å². The smallest absolute Gasteiger partial charge is 0.341 e. The molecule has 3 rings (SSSR count). The molecule has 0 aliphatic rings. The minimum Gasteiger partial charge on any atom is -0.507 e. The summed E-state index contributed by atoms with van der Waals surface area (Å²) in [5, 5.41) is 11.3. The van der Waals surface area contributed by atoms with E-state index < -0.39 is 5.97 Å². The quantitative estimate of drug-likeness (QED) is 0.428. The SMILES string of the molecule is CCCCCc1c(O)c(C(=O)OC)cc2c(=O)c3ccccc3oc12. The van der Waals surface area contributed by atoms with Crippen molar-refractivity contribution in [1.82, 2.24) is 0 Å². The molecule has 0 spiro atoms. The molecule has 0 atom stereocenters. The van der Waals surface area contributed by atoms with Gasteiger partial charge in [0.25, 0.3) is 0 Å². The summed E-state index contributed by atoms with van der Waals surface area (Å²) < 4.78 is 10.7. The number of hydrogen-bond donors (Lipinski definition) is 1. The second kappa shape index (κ2) is 6.97. The van der Waals surface area contributed by atoms with Crippen LogP contribution < -0.4 is 5.43 Å². The van der Waals surface area contributed by atoms with Crippen LogP contribution in [-0.4, -0.2) is 18.2 Å². The van der Waals surface area contributed by atoms with Crippen LogP contribution in [-0.2, 0) is 11.2 Å². The number of para-hydroxylation sites is 1. The highest BCUT2D eigenvalue weighted by atomic mass is 16.5. The molecule has 1 N–H and O–H groups in total. The van der Waals surface area contributed by atoms with E-state index in [9.17, 15) is 14.7 Å². The van der Waals surface area contributed by atoms with Gasteiger partial charge >= 0.3 is 5.97 Å². The summed E-state index contributed by atoms with van der Waals surface area (Å²) in [7, 11) is 1.24. The van der Waals surface area contributed by atoms with E-state index in [1.165, 1.54) is 13.2 Å². The summed E-state index contributed by atoms with van der Waals surface area (Å²) in [6.07, 6.45) is 3.33. The highest BCUT2D eigenvalue weighted by Gasteiger charge is 2.22. The van der Waals surface area contributed by atoms with Crippen LogP contribution >= 0.6 is 0 Å². The first-order chi connectivity index (χ1) is 12.1. The Morgan fingerprint density at radius 2 is 1.96 bits per heavy atom. The minimum atomic E-state index is -0.677. The van der Waals surface area contributed by atoms with Crippen LogP contribution in [0.5, 0.6) is 5.75 Å². The first kappa shape index (κ1) is 17.0. The molecular weight excluding hydrogens is 320 g/mol. The molecule has 0 amide bonds. The molecule has 1 aromatic heterocycles. The number of aryl methyl sites for hydroxylation is 1. The summed E-state index contributed by atoms with van der Waals surface area (Å²) in [4.78, 5) is 24.9. The van der Waals surface area contributed by atoms with E-state index in [0.717, 1.165) is 19.3 Å². The molecule has 3 aromatic rings. The van der Waals surface area contributed by atoms with Gasteiger partial charge in [0.15, 0.2) is 0 Å². The molecule has 0 bridgehead atoms. The highest BCUT2D eigenvalue weighted by Crippen LogP contribution is 2.33. The molecule has 0 fully saturated rings. The zero-order chi connectivity index (χ0) is 18.0. The minimum absolute atomic E-state index is 0.0101. The fourth-order valence-corrected chi connectivity index (χ4v) is 3.04. The maximum absolute atomic E-state index is 12.9. The number of esters is 1. The van der Waals surface area contributed by atoms with Crippen LogP contribution in [0.15, 0.2) is 39.5 Å². The molecule has 5 nitrogen and oxygen atoms in total. The van der Waals surface area contributed by atoms with E-state index in [4.69, 9.17) is 9.15 Å². The van der Waals surface area contributed by atoms with Crippen LogP contribution in [0.1, 0.15) is 42.1 Å². The van der Waals surface area contributed by atoms with E-state index >= 15 is 0 Å². The van der Waals surface area contributed by atoms with Crippen LogP contribution in [0, 0.1) is 0 Å². The monoisotopic (exact) mass is 340 g/mol. The average molecular weight is 340 g/mol. The summed E-state index contributed by atoms with van der Waals surface area (Å²) >= 11 is 0. The fraction of sp³-hybridized carbons (Fsp3) is 0.300. The Hall–Kier alpha value is -2.82. The van der Waals surface area contributed by atoms with Crippen LogP contribution in [0.25, 0.3) is 21.9 Å². The number of phenols is 1. The number of fused-ring (bicyclic) bond motifs is 2. The van der Waals surface area contributed by atoms with Crippen molar-refractivity contribution in [3.63, 3.8) is 0 Å². The first-order valence-corrected chi connectivity index (χ1v) is 8.37. The van der Waals surface area contributed by atoms with Gasteiger partial charge in [-0.15, -0.1) is 0 Å². The average Bonchev–Trinajstić information content (AvgIpc) is 2.63. The van der Waals surface area contributed by atoms with Gasteiger partial charge in [-0.1, -0.05) is 31.9 Å². The maximum atomic E-state index is 12.9. The lowest BCUT2D eigenvalue weighted by Crippen LogP contribution is -2.09. The first-order valence-electron chi connectivity index (χ1n) is 8.37. The number of unbranched alkanes of at least 4 members (excludes halogenated alkanes) is 2. The molecular formula is C20H20O5. The normalized spacial score (nSPS) is 11.1. The lowest BCUT2D eigenvalue weighted by Gasteiger charge is -2.12. The van der Waals surface area contributed by atoms with E-state index in [0.29, 0.717) is 28.5 Å². The summed E-state index contributed by atoms with van der Waals surface area (Å²) in [6, 6.07) is 8.31. The van der Waals surface area contributed by atoms with E-state index in [-0.39, 0.29) is 22.1 Å². The Kier molecular flexibility index (Phi) is 4.74. The molecule has 0 saturated heterocycles. The Bertz CT molecular complexity index is 1000.